The highest BCUT2D eigenvalue weighted by Crippen LogP contribution is 2.29. The van der Waals surface area contributed by atoms with E-state index in [1.54, 1.807) is 17.7 Å². The van der Waals surface area contributed by atoms with Gasteiger partial charge in [-0.2, -0.15) is 0 Å². The summed E-state index contributed by atoms with van der Waals surface area (Å²) in [4.78, 5) is 19.7. The Balaban J connectivity index is 1.58. The monoisotopic (exact) mass is 378 g/mol. The predicted molar refractivity (Wildman–Crippen MR) is 111 cm³/mol. The molecule has 1 aromatic carbocycles. The molecule has 0 radical (unpaired) electrons. The van der Waals surface area contributed by atoms with E-state index in [2.05, 4.69) is 29.4 Å². The van der Waals surface area contributed by atoms with Crippen molar-refractivity contribution < 1.29 is 4.74 Å². The van der Waals surface area contributed by atoms with Gasteiger partial charge in [-0.05, 0) is 56.1 Å². The number of benzene rings is 1. The van der Waals surface area contributed by atoms with Crippen LogP contribution in [-0.2, 0) is 0 Å². The summed E-state index contributed by atoms with van der Waals surface area (Å²) < 4.78 is 6.87. The summed E-state index contributed by atoms with van der Waals surface area (Å²) in [5, 5.41) is 3.54. The lowest BCUT2D eigenvalue weighted by atomic mass is 9.88. The molecule has 146 valence electrons. The fourth-order valence-electron chi connectivity index (χ4n) is 4.05. The van der Waals surface area contributed by atoms with E-state index in [-0.39, 0.29) is 11.6 Å². The third-order valence-electron chi connectivity index (χ3n) is 5.52. The predicted octanol–water partition coefficient (Wildman–Crippen LogP) is 2.91. The molecule has 0 spiro atoms. The lowest BCUT2D eigenvalue weighted by Crippen LogP contribution is -2.44. The van der Waals surface area contributed by atoms with E-state index in [1.165, 1.54) is 5.56 Å². The summed E-state index contributed by atoms with van der Waals surface area (Å²) in [6.07, 6.45) is 2.75. The second-order valence-corrected chi connectivity index (χ2v) is 7.59. The number of likely N-dealkylation sites (N-methyl/N-ethyl adjacent to an activating group) is 1. The third-order valence-corrected chi connectivity index (χ3v) is 5.52. The highest BCUT2D eigenvalue weighted by molar-refractivity contribution is 5.51. The molecule has 4 rings (SSSR count). The lowest BCUT2D eigenvalue weighted by Gasteiger charge is -2.36. The maximum Gasteiger partial charge on any atom is 0.262 e. The minimum atomic E-state index is -0.0241. The molecule has 3 aromatic rings. The molecule has 0 saturated carbocycles. The van der Waals surface area contributed by atoms with Crippen LogP contribution in [-0.4, -0.2) is 47.6 Å². The number of hydrogen-bond acceptors (Lipinski definition) is 5. The lowest BCUT2D eigenvalue weighted by molar-refractivity contribution is 0.235. The Morgan fingerprint density at radius 3 is 2.68 bits per heavy atom. The van der Waals surface area contributed by atoms with Crippen LogP contribution in [0.15, 0.2) is 53.5 Å². The fourth-order valence-corrected chi connectivity index (χ4v) is 4.05. The van der Waals surface area contributed by atoms with Gasteiger partial charge in [-0.25, -0.2) is 4.98 Å². The van der Waals surface area contributed by atoms with Crippen molar-refractivity contribution in [2.75, 3.05) is 32.6 Å². The molecule has 1 aliphatic rings. The number of ether oxygens (including phenoxy) is 1. The molecule has 6 heteroatoms. The van der Waals surface area contributed by atoms with Crippen molar-refractivity contribution in [3.8, 4) is 5.75 Å². The number of nitrogens with one attached hydrogen (secondary N) is 1. The van der Waals surface area contributed by atoms with Gasteiger partial charge in [0.25, 0.3) is 5.56 Å². The molecular weight excluding hydrogens is 352 g/mol. The number of fused-ring (bicyclic) bond motifs is 1. The molecule has 2 unspecified atom stereocenters. The Bertz CT molecular complexity index is 1030. The van der Waals surface area contributed by atoms with Crippen LogP contribution in [0.3, 0.4) is 0 Å². The highest BCUT2D eigenvalue weighted by atomic mass is 16.5. The van der Waals surface area contributed by atoms with E-state index in [4.69, 9.17) is 9.72 Å². The van der Waals surface area contributed by atoms with Crippen molar-refractivity contribution in [1.82, 2.24) is 14.3 Å². The average Bonchev–Trinajstić information content (AvgIpc) is 2.71. The summed E-state index contributed by atoms with van der Waals surface area (Å²) >= 11 is 0. The fraction of sp³-hybridized carbons (Fsp3) is 0.364. The van der Waals surface area contributed by atoms with E-state index >= 15 is 0 Å². The molecule has 1 aliphatic heterocycles. The van der Waals surface area contributed by atoms with Crippen LogP contribution in [0.25, 0.3) is 5.65 Å². The minimum absolute atomic E-state index is 0.0241. The van der Waals surface area contributed by atoms with Crippen LogP contribution in [0.5, 0.6) is 5.75 Å². The van der Waals surface area contributed by atoms with Crippen molar-refractivity contribution in [2.24, 2.45) is 0 Å². The zero-order valence-corrected chi connectivity index (χ0v) is 16.6. The number of hydrogen-bond donors (Lipinski definition) is 1. The molecule has 28 heavy (non-hydrogen) atoms. The molecule has 6 nitrogen and oxygen atoms in total. The zero-order chi connectivity index (χ0) is 19.7. The SMILES string of the molecule is COc1ccc(C2CC(Nc3nc4ccccn4c(=O)c3C)CN(C)C2)cc1. The van der Waals surface area contributed by atoms with E-state index < -0.39 is 0 Å². The van der Waals surface area contributed by atoms with Crippen LogP contribution in [0.4, 0.5) is 5.82 Å². The summed E-state index contributed by atoms with van der Waals surface area (Å²) in [6, 6.07) is 14.1. The van der Waals surface area contributed by atoms with Gasteiger partial charge in [0.1, 0.15) is 17.2 Å². The highest BCUT2D eigenvalue weighted by Gasteiger charge is 2.27. The van der Waals surface area contributed by atoms with Gasteiger partial charge < -0.3 is 15.0 Å². The first-order valence-electron chi connectivity index (χ1n) is 9.62. The number of nitrogens with zero attached hydrogens (tertiary/aromatic N) is 3. The summed E-state index contributed by atoms with van der Waals surface area (Å²) in [5.41, 5.74) is 2.60. The number of piperidine rings is 1. The normalized spacial score (nSPS) is 20.2. The molecular formula is C22H26N4O2. The number of methoxy groups -OCH3 is 1. The van der Waals surface area contributed by atoms with Crippen molar-refractivity contribution in [1.29, 1.82) is 0 Å². The Morgan fingerprint density at radius 2 is 1.93 bits per heavy atom. The van der Waals surface area contributed by atoms with Gasteiger partial charge >= 0.3 is 0 Å². The van der Waals surface area contributed by atoms with Crippen LogP contribution >= 0.6 is 0 Å². The smallest absolute Gasteiger partial charge is 0.262 e. The van der Waals surface area contributed by atoms with Gasteiger partial charge in [0, 0.05) is 25.3 Å². The topological polar surface area (TPSA) is 58.9 Å². The van der Waals surface area contributed by atoms with E-state index in [1.807, 2.05) is 37.3 Å². The van der Waals surface area contributed by atoms with E-state index in [0.717, 1.165) is 25.3 Å². The number of anilines is 1. The van der Waals surface area contributed by atoms with Crippen molar-refractivity contribution in [3.05, 3.63) is 70.1 Å². The Labute approximate surface area is 164 Å². The Hall–Kier alpha value is -2.86. The van der Waals surface area contributed by atoms with Crippen molar-refractivity contribution in [2.45, 2.75) is 25.3 Å². The van der Waals surface area contributed by atoms with Crippen LogP contribution in [0.2, 0.25) is 0 Å². The van der Waals surface area contributed by atoms with Gasteiger partial charge in [0.05, 0.1) is 12.7 Å². The van der Waals surface area contributed by atoms with Gasteiger partial charge in [-0.3, -0.25) is 9.20 Å². The molecule has 3 heterocycles. The zero-order valence-electron chi connectivity index (χ0n) is 16.6. The molecule has 1 saturated heterocycles. The Morgan fingerprint density at radius 1 is 1.14 bits per heavy atom. The molecule has 2 atom stereocenters. The number of likely N-dealkylation sites (tertiary alicyclic amines) is 1. The standard InChI is InChI=1S/C22H26N4O2/c1-15-21(24-20-6-4-5-11-26(20)22(15)27)23-18-12-17(13-25(2)14-18)16-7-9-19(28-3)10-8-16/h4-11,17-18,23H,12-14H2,1-3H3. The Kier molecular flexibility index (Phi) is 5.05. The maximum atomic E-state index is 12.7. The summed E-state index contributed by atoms with van der Waals surface area (Å²) in [6.45, 7) is 3.77. The first-order valence-corrected chi connectivity index (χ1v) is 9.62. The first kappa shape index (κ1) is 18.5. The largest absolute Gasteiger partial charge is 0.497 e. The molecule has 1 fully saturated rings. The van der Waals surface area contributed by atoms with Gasteiger partial charge in [-0.1, -0.05) is 18.2 Å². The van der Waals surface area contributed by atoms with Crippen molar-refractivity contribution in [3.63, 3.8) is 0 Å². The number of pyridine rings is 1. The van der Waals surface area contributed by atoms with E-state index in [9.17, 15) is 4.79 Å². The van der Waals surface area contributed by atoms with Crippen molar-refractivity contribution >= 4 is 11.5 Å². The maximum absolute atomic E-state index is 12.7. The molecule has 2 aromatic heterocycles. The minimum Gasteiger partial charge on any atom is -0.497 e. The molecule has 0 amide bonds. The first-order chi connectivity index (χ1) is 13.5. The van der Waals surface area contributed by atoms with Gasteiger partial charge in [-0.15, -0.1) is 0 Å². The number of rotatable bonds is 4. The van der Waals surface area contributed by atoms with Gasteiger partial charge in [0.15, 0.2) is 0 Å². The van der Waals surface area contributed by atoms with E-state index in [0.29, 0.717) is 22.9 Å². The molecule has 1 N–H and O–H groups in total. The molecule has 0 bridgehead atoms. The van der Waals surface area contributed by atoms with Crippen LogP contribution in [0.1, 0.15) is 23.5 Å². The van der Waals surface area contributed by atoms with Gasteiger partial charge in [0.2, 0.25) is 0 Å². The molecule has 0 aliphatic carbocycles. The summed E-state index contributed by atoms with van der Waals surface area (Å²) in [7, 11) is 3.82. The second kappa shape index (κ2) is 7.64. The number of aromatic nitrogens is 2. The average molecular weight is 378 g/mol. The summed E-state index contributed by atoms with van der Waals surface area (Å²) in [5.74, 6) is 1.98. The second-order valence-electron chi connectivity index (χ2n) is 7.59. The third kappa shape index (κ3) is 3.60. The quantitative estimate of drug-likeness (QED) is 0.756. The van der Waals surface area contributed by atoms with Crippen LogP contribution in [0, 0.1) is 6.92 Å². The van der Waals surface area contributed by atoms with Crippen LogP contribution < -0.4 is 15.6 Å².